The number of para-hydroxylation sites is 1. The summed E-state index contributed by atoms with van der Waals surface area (Å²) in [4.78, 5) is 23.6. The van der Waals surface area contributed by atoms with Gasteiger partial charge in [-0.2, -0.15) is 0 Å². The molecular weight excluding hydrogens is 286 g/mol. The quantitative estimate of drug-likeness (QED) is 0.833. The molecule has 22 heavy (non-hydrogen) atoms. The highest BCUT2D eigenvalue weighted by atomic mass is 16.5. The van der Waals surface area contributed by atoms with Gasteiger partial charge in [0, 0.05) is 12.7 Å². The van der Waals surface area contributed by atoms with Crippen molar-refractivity contribution in [3.63, 3.8) is 0 Å². The van der Waals surface area contributed by atoms with Crippen molar-refractivity contribution in [1.29, 1.82) is 0 Å². The van der Waals surface area contributed by atoms with E-state index in [4.69, 9.17) is 14.6 Å². The fourth-order valence-electron chi connectivity index (χ4n) is 2.78. The van der Waals surface area contributed by atoms with Gasteiger partial charge in [-0.1, -0.05) is 18.2 Å². The van der Waals surface area contributed by atoms with Crippen LogP contribution in [0.4, 0.5) is 0 Å². The van der Waals surface area contributed by atoms with Gasteiger partial charge in [-0.25, -0.2) is 0 Å². The summed E-state index contributed by atoms with van der Waals surface area (Å²) < 4.78 is 10.6. The second-order valence-electron chi connectivity index (χ2n) is 5.78. The smallest absolute Gasteiger partial charge is 0.305 e. The Balaban J connectivity index is 2.16. The number of fused-ring (bicyclic) bond motifs is 1. The molecule has 0 saturated carbocycles. The standard InChI is InChI=1S/C16H21NO5/c1-16(10-21-2,9-14(18)19)17-15(20)12-7-8-22-13-6-4-3-5-11(12)13/h3-6,12H,7-10H2,1-2H3,(H,17,20)(H,18,19). The van der Waals surface area contributed by atoms with Crippen LogP contribution in [0.2, 0.25) is 0 Å². The lowest BCUT2D eigenvalue weighted by atomic mass is 9.90. The molecule has 0 saturated heterocycles. The fourth-order valence-corrected chi connectivity index (χ4v) is 2.78. The molecule has 1 aliphatic heterocycles. The number of rotatable bonds is 6. The summed E-state index contributed by atoms with van der Waals surface area (Å²) in [6, 6.07) is 7.42. The highest BCUT2D eigenvalue weighted by Gasteiger charge is 2.34. The summed E-state index contributed by atoms with van der Waals surface area (Å²) in [6.45, 7) is 2.28. The molecule has 1 aromatic rings. The first-order valence-corrected chi connectivity index (χ1v) is 7.20. The lowest BCUT2D eigenvalue weighted by Gasteiger charge is -2.32. The van der Waals surface area contributed by atoms with Crippen molar-refractivity contribution in [2.24, 2.45) is 0 Å². The first-order valence-electron chi connectivity index (χ1n) is 7.20. The Morgan fingerprint density at radius 2 is 2.18 bits per heavy atom. The predicted octanol–water partition coefficient (Wildman–Crippen LogP) is 1.55. The molecule has 1 heterocycles. The van der Waals surface area contributed by atoms with E-state index in [1.165, 1.54) is 7.11 Å². The zero-order chi connectivity index (χ0) is 16.2. The summed E-state index contributed by atoms with van der Waals surface area (Å²) in [6.07, 6.45) is 0.371. The van der Waals surface area contributed by atoms with E-state index in [-0.39, 0.29) is 24.9 Å². The number of ether oxygens (including phenoxy) is 2. The Morgan fingerprint density at radius 3 is 2.86 bits per heavy atom. The molecule has 0 bridgehead atoms. The third kappa shape index (κ3) is 3.76. The summed E-state index contributed by atoms with van der Waals surface area (Å²) in [7, 11) is 1.48. The van der Waals surface area contributed by atoms with E-state index < -0.39 is 11.5 Å². The van der Waals surface area contributed by atoms with Gasteiger partial charge in [-0.15, -0.1) is 0 Å². The van der Waals surface area contributed by atoms with Crippen molar-refractivity contribution in [3.05, 3.63) is 29.8 Å². The van der Waals surface area contributed by atoms with Crippen LogP contribution in [0.3, 0.4) is 0 Å². The largest absolute Gasteiger partial charge is 0.493 e. The molecule has 1 aliphatic rings. The Kier molecular flexibility index (Phi) is 5.03. The zero-order valence-corrected chi connectivity index (χ0v) is 12.8. The Hall–Kier alpha value is -2.08. The maximum atomic E-state index is 12.6. The van der Waals surface area contributed by atoms with E-state index in [2.05, 4.69) is 5.32 Å². The van der Waals surface area contributed by atoms with E-state index in [0.717, 1.165) is 5.56 Å². The SMILES string of the molecule is COCC(C)(CC(=O)O)NC(=O)C1CCOc2ccccc21. The average Bonchev–Trinajstić information content (AvgIpc) is 2.45. The van der Waals surface area contributed by atoms with Crippen LogP contribution in [0.1, 0.15) is 31.2 Å². The number of carboxylic acid groups (broad SMARTS) is 1. The molecule has 2 atom stereocenters. The Bertz CT molecular complexity index is 559. The van der Waals surface area contributed by atoms with E-state index in [1.54, 1.807) is 6.92 Å². The summed E-state index contributed by atoms with van der Waals surface area (Å²) in [5.74, 6) is -0.806. The van der Waals surface area contributed by atoms with Crippen molar-refractivity contribution in [2.75, 3.05) is 20.3 Å². The van der Waals surface area contributed by atoms with Gasteiger partial charge in [-0.05, 0) is 19.4 Å². The molecule has 0 fully saturated rings. The summed E-state index contributed by atoms with van der Waals surface area (Å²) in [5.41, 5.74) is -0.105. The Morgan fingerprint density at radius 1 is 1.45 bits per heavy atom. The molecule has 0 radical (unpaired) electrons. The first-order chi connectivity index (χ1) is 10.4. The first kappa shape index (κ1) is 16.3. The van der Waals surface area contributed by atoms with Crippen molar-refractivity contribution in [2.45, 2.75) is 31.2 Å². The van der Waals surface area contributed by atoms with Crippen molar-refractivity contribution < 1.29 is 24.2 Å². The van der Waals surface area contributed by atoms with E-state index in [9.17, 15) is 9.59 Å². The number of carbonyl (C=O) groups is 2. The van der Waals surface area contributed by atoms with Gasteiger partial charge in [0.05, 0.1) is 31.1 Å². The van der Waals surface area contributed by atoms with Gasteiger partial charge in [-0.3, -0.25) is 9.59 Å². The van der Waals surface area contributed by atoms with Gasteiger partial charge in [0.25, 0.3) is 0 Å². The summed E-state index contributed by atoms with van der Waals surface area (Å²) in [5, 5.41) is 11.9. The number of methoxy groups -OCH3 is 1. The Labute approximate surface area is 129 Å². The van der Waals surface area contributed by atoms with Crippen LogP contribution in [0.25, 0.3) is 0 Å². The predicted molar refractivity (Wildman–Crippen MR) is 80.0 cm³/mol. The third-order valence-corrected chi connectivity index (χ3v) is 3.70. The number of carboxylic acids is 1. The maximum Gasteiger partial charge on any atom is 0.305 e. The van der Waals surface area contributed by atoms with Crippen LogP contribution >= 0.6 is 0 Å². The molecule has 6 nitrogen and oxygen atoms in total. The normalized spacial score (nSPS) is 19.5. The van der Waals surface area contributed by atoms with Crippen LogP contribution in [0.5, 0.6) is 5.75 Å². The fraction of sp³-hybridized carbons (Fsp3) is 0.500. The molecular formula is C16H21NO5. The molecule has 1 amide bonds. The third-order valence-electron chi connectivity index (χ3n) is 3.70. The van der Waals surface area contributed by atoms with Crippen LogP contribution in [-0.2, 0) is 14.3 Å². The van der Waals surface area contributed by atoms with Crippen molar-refractivity contribution >= 4 is 11.9 Å². The van der Waals surface area contributed by atoms with Crippen LogP contribution in [0.15, 0.2) is 24.3 Å². The maximum absolute atomic E-state index is 12.6. The lowest BCUT2D eigenvalue weighted by Crippen LogP contribution is -2.52. The number of hydrogen-bond acceptors (Lipinski definition) is 4. The monoisotopic (exact) mass is 307 g/mol. The van der Waals surface area contributed by atoms with Crippen molar-refractivity contribution in [3.8, 4) is 5.75 Å². The minimum atomic E-state index is -0.979. The van der Waals surface area contributed by atoms with Crippen LogP contribution in [0, 0.1) is 0 Å². The molecule has 0 aromatic heterocycles. The molecule has 6 heteroatoms. The number of hydrogen-bond donors (Lipinski definition) is 2. The number of benzene rings is 1. The minimum Gasteiger partial charge on any atom is -0.493 e. The van der Waals surface area contributed by atoms with Gasteiger partial charge in [0.2, 0.25) is 5.91 Å². The van der Waals surface area contributed by atoms with E-state index in [0.29, 0.717) is 18.8 Å². The van der Waals surface area contributed by atoms with E-state index in [1.807, 2.05) is 24.3 Å². The zero-order valence-electron chi connectivity index (χ0n) is 12.8. The molecule has 120 valence electrons. The molecule has 2 unspecified atom stereocenters. The van der Waals surface area contributed by atoms with Gasteiger partial charge < -0.3 is 19.9 Å². The average molecular weight is 307 g/mol. The topological polar surface area (TPSA) is 84.9 Å². The number of amides is 1. The number of nitrogens with one attached hydrogen (secondary N) is 1. The highest BCUT2D eigenvalue weighted by molar-refractivity contribution is 5.86. The second kappa shape index (κ2) is 6.79. The number of carbonyl (C=O) groups excluding carboxylic acids is 1. The van der Waals surface area contributed by atoms with E-state index >= 15 is 0 Å². The lowest BCUT2D eigenvalue weighted by molar-refractivity contribution is -0.139. The summed E-state index contributed by atoms with van der Waals surface area (Å²) >= 11 is 0. The van der Waals surface area contributed by atoms with Gasteiger partial charge >= 0.3 is 5.97 Å². The molecule has 2 N–H and O–H groups in total. The van der Waals surface area contributed by atoms with Crippen LogP contribution < -0.4 is 10.1 Å². The van der Waals surface area contributed by atoms with Crippen LogP contribution in [-0.4, -0.2) is 42.8 Å². The molecule has 2 rings (SSSR count). The molecule has 1 aromatic carbocycles. The molecule has 0 aliphatic carbocycles. The molecule has 0 spiro atoms. The highest BCUT2D eigenvalue weighted by Crippen LogP contribution is 2.33. The van der Waals surface area contributed by atoms with Gasteiger partial charge in [0.1, 0.15) is 5.75 Å². The van der Waals surface area contributed by atoms with Gasteiger partial charge in [0.15, 0.2) is 0 Å². The minimum absolute atomic E-state index is 0.135. The second-order valence-corrected chi connectivity index (χ2v) is 5.78. The van der Waals surface area contributed by atoms with Crippen molar-refractivity contribution in [1.82, 2.24) is 5.32 Å². The number of aliphatic carboxylic acids is 1.